The van der Waals surface area contributed by atoms with Crippen molar-refractivity contribution in [1.82, 2.24) is 0 Å². The fourth-order valence-electron chi connectivity index (χ4n) is 12.7. The molecule has 0 aromatic heterocycles. The van der Waals surface area contributed by atoms with Gasteiger partial charge in [-0.05, 0) is 215 Å². The van der Waals surface area contributed by atoms with Gasteiger partial charge in [0.2, 0.25) is 0 Å². The van der Waals surface area contributed by atoms with Crippen LogP contribution in [0.2, 0.25) is 0 Å². The molecule has 0 aliphatic carbocycles. The number of fused-ring (bicyclic) bond motifs is 2. The van der Waals surface area contributed by atoms with Crippen molar-refractivity contribution in [3.63, 3.8) is 0 Å². The summed E-state index contributed by atoms with van der Waals surface area (Å²) in [6.45, 7) is 59.1. The molecule has 0 saturated heterocycles. The van der Waals surface area contributed by atoms with Gasteiger partial charge in [0.1, 0.15) is 34.3 Å². The smallest absolute Gasteiger partial charge is 0.343 e. The monoisotopic (exact) mass is 1830 g/mol. The molecule has 0 saturated carbocycles. The molecule has 0 amide bonds. The van der Waals surface area contributed by atoms with E-state index in [0.717, 1.165) is 38.2 Å². The molecule has 12 aromatic rings. The lowest BCUT2D eigenvalue weighted by molar-refractivity contribution is -0.150. The zero-order valence-corrected chi connectivity index (χ0v) is 85.9. The Morgan fingerprint density at radius 3 is 1.15 bits per heavy atom. The average Bonchev–Trinajstić information content (AvgIpc) is 0.787. The van der Waals surface area contributed by atoms with Gasteiger partial charge in [-0.25, -0.2) is 9.59 Å². The number of carbonyl (C=O) groups is 8. The highest BCUT2D eigenvalue weighted by Crippen LogP contribution is 2.47. The van der Waals surface area contributed by atoms with Crippen LogP contribution >= 0.6 is 0 Å². The maximum absolute atomic E-state index is 13.1. The Morgan fingerprint density at radius 1 is 0.287 bits per heavy atom. The summed E-state index contributed by atoms with van der Waals surface area (Å²) in [4.78, 5) is 99.9. The van der Waals surface area contributed by atoms with E-state index < -0.39 is 45.0 Å². The third kappa shape index (κ3) is 28.5. The van der Waals surface area contributed by atoms with Gasteiger partial charge in [-0.2, -0.15) is 5.26 Å². The van der Waals surface area contributed by atoms with Gasteiger partial charge in [0.25, 0.3) is 0 Å². The molecule has 0 aliphatic rings. The Labute approximate surface area is 809 Å². The Hall–Kier alpha value is -13.2. The number of nitriles is 1. The molecule has 0 bridgehead atoms. The van der Waals surface area contributed by atoms with Gasteiger partial charge in [0.05, 0.1) is 46.0 Å². The maximum Gasteiger partial charge on any atom is 0.343 e. The van der Waals surface area contributed by atoms with Gasteiger partial charge < -0.3 is 28.4 Å². The molecule has 0 fully saturated rings. The first-order valence-corrected chi connectivity index (χ1v) is 46.5. The van der Waals surface area contributed by atoms with E-state index in [1.165, 1.54) is 23.8 Å². The summed E-state index contributed by atoms with van der Waals surface area (Å²) in [5, 5.41) is 13.5. The molecule has 1 unspecified atom stereocenters. The minimum absolute atomic E-state index is 0.0894. The van der Waals surface area contributed by atoms with Gasteiger partial charge >= 0.3 is 35.8 Å². The van der Waals surface area contributed by atoms with Crippen molar-refractivity contribution >= 4 is 68.9 Å². The number of ether oxygens (including phenoxy) is 6. The summed E-state index contributed by atoms with van der Waals surface area (Å²) >= 11 is 0. The molecule has 15 nitrogen and oxygen atoms in total. The molecule has 12 rings (SSSR count). The van der Waals surface area contributed by atoms with Gasteiger partial charge in [0, 0.05) is 23.0 Å². The molecule has 0 heterocycles. The van der Waals surface area contributed by atoms with Crippen LogP contribution in [0.3, 0.4) is 0 Å². The number of ketones is 2. The average molecular weight is 1840 g/mol. The summed E-state index contributed by atoms with van der Waals surface area (Å²) in [5.74, 6) is -0.362. The number of hydrogen-bond donors (Lipinski definition) is 0. The number of para-hydroxylation sites is 2. The van der Waals surface area contributed by atoms with E-state index in [4.69, 9.17) is 28.4 Å². The molecular formula is C121H143NO14. The minimum atomic E-state index is -0.716. The van der Waals surface area contributed by atoms with Crippen molar-refractivity contribution < 1.29 is 66.8 Å². The van der Waals surface area contributed by atoms with Crippen LogP contribution in [0.4, 0.5) is 0 Å². The number of carbonyl (C=O) groups excluding carboxylic acids is 8. The predicted molar refractivity (Wildman–Crippen MR) is 552 cm³/mol. The quantitative estimate of drug-likeness (QED) is 0.0394. The van der Waals surface area contributed by atoms with Crippen LogP contribution in [0.25, 0.3) is 43.8 Å². The van der Waals surface area contributed by atoms with E-state index >= 15 is 0 Å². The molecule has 15 heteroatoms. The fourth-order valence-corrected chi connectivity index (χ4v) is 12.7. The first-order valence-electron chi connectivity index (χ1n) is 46.5. The van der Waals surface area contributed by atoms with Crippen LogP contribution in [0, 0.1) is 70.9 Å². The molecule has 0 aliphatic heterocycles. The van der Waals surface area contributed by atoms with E-state index in [-0.39, 0.29) is 90.9 Å². The molecule has 716 valence electrons. The summed E-state index contributed by atoms with van der Waals surface area (Å²) in [6, 6.07) is 95.4. The molecule has 0 N–H and O–H groups in total. The van der Waals surface area contributed by atoms with Crippen molar-refractivity contribution in [3.8, 4) is 57.1 Å². The highest BCUT2D eigenvalue weighted by Gasteiger charge is 2.46. The zero-order valence-electron chi connectivity index (χ0n) is 85.9. The van der Waals surface area contributed by atoms with Crippen LogP contribution < -0.4 is 23.7 Å². The minimum Gasteiger partial charge on any atom is -0.465 e. The second-order valence-electron chi connectivity index (χ2n) is 43.5. The maximum atomic E-state index is 13.1. The van der Waals surface area contributed by atoms with E-state index in [1.807, 2.05) is 246 Å². The third-order valence-corrected chi connectivity index (χ3v) is 28.2. The zero-order chi connectivity index (χ0) is 102. The lowest BCUT2D eigenvalue weighted by atomic mass is 9.65. The van der Waals surface area contributed by atoms with Crippen LogP contribution in [0.5, 0.6) is 28.7 Å². The number of benzene rings is 12. The Bertz CT molecular complexity index is 6110. The van der Waals surface area contributed by atoms with Crippen LogP contribution in [-0.2, 0) is 29.3 Å². The van der Waals surface area contributed by atoms with Gasteiger partial charge in [-0.3, -0.25) is 28.8 Å². The van der Waals surface area contributed by atoms with Crippen molar-refractivity contribution in [2.75, 3.05) is 7.11 Å². The third-order valence-electron chi connectivity index (χ3n) is 28.2. The number of hydrogen-bond acceptors (Lipinski definition) is 15. The first kappa shape index (κ1) is 110. The van der Waals surface area contributed by atoms with E-state index in [9.17, 15) is 43.6 Å². The Kier molecular flexibility index (Phi) is 36.7. The topological polar surface area (TPSA) is 216 Å². The van der Waals surface area contributed by atoms with Crippen molar-refractivity contribution in [3.05, 3.63) is 331 Å². The van der Waals surface area contributed by atoms with Gasteiger partial charge in [0.15, 0.2) is 11.6 Å². The summed E-state index contributed by atoms with van der Waals surface area (Å²) < 4.78 is 32.2. The second-order valence-corrected chi connectivity index (χ2v) is 43.5. The van der Waals surface area contributed by atoms with E-state index in [0.29, 0.717) is 40.4 Å². The SMILES string of the molecule is CC(C)(C)C(C)(C#N)CCC(=O)Oc1ccccc1C(=O)c1ccccc1.CC(C)(C)C(C)(C)C(=O)Oc1ccc(C(=O)Oc2ccccc2)cc1.CC(C)(C)C(C)(C)C(=O)Oc1ccc2ccccc2c1.CC(C)(C)C(C)(C)C(=O)c1ccccc1-c1ccccc1.CC(C)(C)C(C)(C)c1ccc(-c2ccccc2)cc1.COC(=O)c1cc2ccccc2cc1OC(=O)C(C)(C)C(C)(C)C. The van der Waals surface area contributed by atoms with Gasteiger partial charge in [-0.15, -0.1) is 0 Å². The number of Topliss-reactive ketones (excluding diaryl/α,β-unsaturated/α-hetero) is 1. The second kappa shape index (κ2) is 45.4. The van der Waals surface area contributed by atoms with Crippen molar-refractivity contribution in [1.29, 1.82) is 5.26 Å². The molecule has 12 aromatic carbocycles. The molecule has 0 spiro atoms. The van der Waals surface area contributed by atoms with Crippen molar-refractivity contribution in [2.45, 2.75) is 219 Å². The predicted octanol–water partition coefficient (Wildman–Crippen LogP) is 30.8. The number of esters is 6. The normalized spacial score (nSPS) is 12.4. The molecule has 1 atom stereocenters. The fraction of sp³-hybridized carbons (Fsp3) is 0.364. The lowest BCUT2D eigenvalue weighted by Gasteiger charge is -2.39. The van der Waals surface area contributed by atoms with E-state index in [1.54, 1.807) is 109 Å². The molecular weight excluding hydrogens is 1690 g/mol. The van der Waals surface area contributed by atoms with E-state index in [2.05, 4.69) is 149 Å². The number of rotatable bonds is 20. The van der Waals surface area contributed by atoms with Crippen LogP contribution in [-0.4, -0.2) is 54.5 Å². The summed E-state index contributed by atoms with van der Waals surface area (Å²) in [7, 11) is 1.31. The summed E-state index contributed by atoms with van der Waals surface area (Å²) in [6.07, 6.45) is 0.496. The van der Waals surface area contributed by atoms with Gasteiger partial charge in [-0.1, -0.05) is 377 Å². The van der Waals surface area contributed by atoms with Crippen LogP contribution in [0.1, 0.15) is 266 Å². The lowest BCUT2D eigenvalue weighted by Crippen LogP contribution is -2.40. The Balaban J connectivity index is 0.000000223. The standard InChI is InChI=1S/C23H25NO3.C21H24O4.C20H24O4.C20H24O.C19H24.C18H22O2/c1-22(2,3)23(4,16-24)15-14-20(25)27-19-13-9-8-12-18(19)21(26)17-10-6-5-7-11-17;1-20(2,3)21(4,5)19(23)25-17-13-11-15(12-14-17)18(22)24-16-9-7-6-8-10-16;1-19(2,3)20(4,5)18(22)24-16-12-14-10-8-7-9-13(14)11-15(16)17(21)23-6;1-19(2,3)20(4,5)18(21)17-14-10-9-13-16(17)15-11-7-6-8-12-15;1-18(2,3)19(4,5)17-13-11-16(12-14-17)15-9-7-6-8-10-15;1-17(2,3)18(4,5)16(19)20-15-11-10-13-8-6-7-9-14(13)12-15/h5-13H,14-15H2,1-4H3;6-14H,1-5H3;7-12H,1-6H3;6-14H,1-5H3;6-14H,1-5H3;6-12H,1-5H3. The number of nitrogens with zero attached hydrogens (tertiary/aromatic N) is 1. The Morgan fingerprint density at radius 2 is 0.676 bits per heavy atom. The highest BCUT2D eigenvalue weighted by atomic mass is 16.6. The van der Waals surface area contributed by atoms with Crippen molar-refractivity contribution in [2.24, 2.45) is 59.6 Å². The number of methoxy groups -OCH3 is 1. The largest absolute Gasteiger partial charge is 0.465 e. The molecule has 0 radical (unpaired) electrons. The van der Waals surface area contributed by atoms with Crippen LogP contribution in [0.15, 0.2) is 297 Å². The highest BCUT2D eigenvalue weighted by molar-refractivity contribution is 6.11. The molecule has 136 heavy (non-hydrogen) atoms. The first-order chi connectivity index (χ1) is 63.1. The summed E-state index contributed by atoms with van der Waals surface area (Å²) in [5.41, 5.74) is 4.82.